The zero-order valence-electron chi connectivity index (χ0n) is 19.4. The lowest BCUT2D eigenvalue weighted by Crippen LogP contribution is -1.93. The van der Waals surface area contributed by atoms with Crippen LogP contribution in [0.4, 0.5) is 0 Å². The number of para-hydroxylation sites is 1. The highest BCUT2D eigenvalue weighted by molar-refractivity contribution is 7.00. The molecule has 0 amide bonds. The minimum atomic E-state index is 0.932. The number of hydrogen-bond acceptors (Lipinski definition) is 6. The van der Waals surface area contributed by atoms with Crippen molar-refractivity contribution in [1.82, 2.24) is 22.1 Å². The SMILES string of the molecule is c1ccc(-n2c3ccc(-c4cccc5nsnc45)cc3c3cc(-c4cccc5nsnc45)ccc32)cc1. The molecule has 37 heavy (non-hydrogen) atoms. The van der Waals surface area contributed by atoms with Crippen LogP contribution in [-0.4, -0.2) is 22.1 Å². The molecule has 0 atom stereocenters. The van der Waals surface area contributed by atoms with E-state index in [4.69, 9.17) is 0 Å². The van der Waals surface area contributed by atoms with Crippen LogP contribution in [0.1, 0.15) is 0 Å². The molecule has 0 aliphatic heterocycles. The van der Waals surface area contributed by atoms with Gasteiger partial charge in [-0.3, -0.25) is 0 Å². The average molecular weight is 512 g/mol. The van der Waals surface area contributed by atoms with Crippen molar-refractivity contribution >= 4 is 67.3 Å². The van der Waals surface area contributed by atoms with E-state index in [9.17, 15) is 0 Å². The smallest absolute Gasteiger partial charge is 0.112 e. The maximum absolute atomic E-state index is 4.58. The van der Waals surface area contributed by atoms with Gasteiger partial charge in [-0.15, -0.1) is 0 Å². The van der Waals surface area contributed by atoms with Crippen molar-refractivity contribution in [3.63, 3.8) is 0 Å². The molecule has 0 fully saturated rings. The molecule has 0 aliphatic carbocycles. The van der Waals surface area contributed by atoms with Gasteiger partial charge >= 0.3 is 0 Å². The van der Waals surface area contributed by atoms with Gasteiger partial charge in [-0.2, -0.15) is 17.5 Å². The molecule has 3 aromatic heterocycles. The van der Waals surface area contributed by atoms with Gasteiger partial charge in [-0.05, 0) is 59.7 Å². The Morgan fingerprint density at radius 3 is 1.57 bits per heavy atom. The summed E-state index contributed by atoms with van der Waals surface area (Å²) in [6.45, 7) is 0. The zero-order valence-corrected chi connectivity index (χ0v) is 21.0. The van der Waals surface area contributed by atoms with Gasteiger partial charge < -0.3 is 4.57 Å². The Bertz CT molecular complexity index is 1970. The quantitative estimate of drug-likeness (QED) is 0.240. The first kappa shape index (κ1) is 20.7. The minimum Gasteiger partial charge on any atom is -0.309 e. The second-order valence-corrected chi connectivity index (χ2v) is 10.1. The lowest BCUT2D eigenvalue weighted by molar-refractivity contribution is 1.18. The van der Waals surface area contributed by atoms with Gasteiger partial charge in [0.2, 0.25) is 0 Å². The van der Waals surface area contributed by atoms with Crippen LogP contribution in [0, 0.1) is 0 Å². The summed E-state index contributed by atoms with van der Waals surface area (Å²) in [5.74, 6) is 0. The van der Waals surface area contributed by atoms with Crippen LogP contribution in [0.2, 0.25) is 0 Å². The van der Waals surface area contributed by atoms with E-state index in [1.165, 1.54) is 45.3 Å². The molecule has 0 N–H and O–H groups in total. The second-order valence-electron chi connectivity index (χ2n) is 9.01. The molecule has 174 valence electrons. The minimum absolute atomic E-state index is 0.932. The predicted octanol–water partition coefficient (Wildman–Crippen LogP) is 8.13. The Kier molecular flexibility index (Phi) is 4.49. The lowest BCUT2D eigenvalue weighted by atomic mass is 9.99. The molecule has 0 unspecified atom stereocenters. The van der Waals surface area contributed by atoms with Crippen LogP contribution in [0.15, 0.2) is 103 Å². The first-order valence-corrected chi connectivity index (χ1v) is 13.4. The molecule has 0 radical (unpaired) electrons. The first-order chi connectivity index (χ1) is 18.3. The van der Waals surface area contributed by atoms with E-state index in [-0.39, 0.29) is 0 Å². The van der Waals surface area contributed by atoms with Crippen LogP contribution in [-0.2, 0) is 0 Å². The van der Waals surface area contributed by atoms with Crippen LogP contribution in [0.25, 0.3) is 71.8 Å². The molecule has 0 aliphatic rings. The van der Waals surface area contributed by atoms with E-state index in [1.54, 1.807) is 0 Å². The van der Waals surface area contributed by atoms with Crippen LogP contribution in [0.3, 0.4) is 0 Å². The summed E-state index contributed by atoms with van der Waals surface area (Å²) in [5, 5.41) is 2.39. The average Bonchev–Trinajstić information content (AvgIpc) is 3.70. The van der Waals surface area contributed by atoms with Crippen molar-refractivity contribution in [1.29, 1.82) is 0 Å². The van der Waals surface area contributed by atoms with Gasteiger partial charge in [0.15, 0.2) is 0 Å². The summed E-state index contributed by atoms with van der Waals surface area (Å²) in [6, 6.07) is 36.3. The summed E-state index contributed by atoms with van der Waals surface area (Å²) >= 11 is 2.51. The summed E-state index contributed by atoms with van der Waals surface area (Å²) in [7, 11) is 0. The van der Waals surface area contributed by atoms with Crippen molar-refractivity contribution in [3.8, 4) is 27.9 Å². The molecule has 0 bridgehead atoms. The standard InChI is InChI=1S/C30H17N5S2/c1-2-6-20(7-3-1)35-27-14-12-18(21-8-4-10-25-29(21)33-36-31-25)16-23(27)24-17-19(13-15-28(24)35)22-9-5-11-26-30(22)34-37-32-26/h1-17H. The van der Waals surface area contributed by atoms with Gasteiger partial charge in [-0.1, -0.05) is 54.6 Å². The van der Waals surface area contributed by atoms with Crippen LogP contribution < -0.4 is 0 Å². The van der Waals surface area contributed by atoms with E-state index in [2.05, 4.69) is 113 Å². The molecule has 5 nitrogen and oxygen atoms in total. The maximum atomic E-state index is 4.58. The number of benzene rings is 5. The first-order valence-electron chi connectivity index (χ1n) is 11.9. The largest absolute Gasteiger partial charge is 0.309 e. The Morgan fingerprint density at radius 1 is 0.486 bits per heavy atom. The molecule has 0 saturated heterocycles. The molecule has 8 aromatic rings. The molecule has 3 heterocycles. The number of fused-ring (bicyclic) bond motifs is 5. The van der Waals surface area contributed by atoms with Gasteiger partial charge in [0.1, 0.15) is 22.1 Å². The van der Waals surface area contributed by atoms with Crippen LogP contribution >= 0.6 is 23.5 Å². The highest BCUT2D eigenvalue weighted by Gasteiger charge is 2.16. The molecule has 7 heteroatoms. The molecule has 5 aromatic carbocycles. The molecular formula is C30H17N5S2. The molecule has 0 spiro atoms. The fraction of sp³-hybridized carbons (Fsp3) is 0. The fourth-order valence-corrected chi connectivity index (χ4v) is 6.39. The van der Waals surface area contributed by atoms with Gasteiger partial charge in [-0.25, -0.2) is 0 Å². The van der Waals surface area contributed by atoms with E-state index >= 15 is 0 Å². The maximum Gasteiger partial charge on any atom is 0.112 e. The Balaban J connectivity index is 1.44. The Morgan fingerprint density at radius 2 is 1.03 bits per heavy atom. The normalized spacial score (nSPS) is 11.8. The van der Waals surface area contributed by atoms with Gasteiger partial charge in [0, 0.05) is 27.6 Å². The zero-order chi connectivity index (χ0) is 24.3. The van der Waals surface area contributed by atoms with Crippen molar-refractivity contribution in [2.24, 2.45) is 0 Å². The van der Waals surface area contributed by atoms with Crippen molar-refractivity contribution in [3.05, 3.63) is 103 Å². The summed E-state index contributed by atoms with van der Waals surface area (Å²) in [6.07, 6.45) is 0. The summed E-state index contributed by atoms with van der Waals surface area (Å²) in [4.78, 5) is 0. The highest BCUT2D eigenvalue weighted by Crippen LogP contribution is 2.39. The number of nitrogens with zero attached hydrogens (tertiary/aromatic N) is 5. The summed E-state index contributed by atoms with van der Waals surface area (Å²) in [5.41, 5.74) is 11.7. The predicted molar refractivity (Wildman–Crippen MR) is 154 cm³/mol. The topological polar surface area (TPSA) is 56.5 Å². The highest BCUT2D eigenvalue weighted by atomic mass is 32.1. The summed E-state index contributed by atoms with van der Waals surface area (Å²) < 4.78 is 20.4. The molecule has 8 rings (SSSR count). The van der Waals surface area contributed by atoms with E-state index in [0.29, 0.717) is 0 Å². The second kappa shape index (κ2) is 8.03. The van der Waals surface area contributed by atoms with Crippen molar-refractivity contribution in [2.45, 2.75) is 0 Å². The van der Waals surface area contributed by atoms with Crippen LogP contribution in [0.5, 0.6) is 0 Å². The lowest BCUT2D eigenvalue weighted by Gasteiger charge is -2.08. The molecule has 0 saturated carbocycles. The Hall–Kier alpha value is -4.46. The number of rotatable bonds is 3. The van der Waals surface area contributed by atoms with Gasteiger partial charge in [0.05, 0.1) is 34.5 Å². The fourth-order valence-electron chi connectivity index (χ4n) is 5.29. The van der Waals surface area contributed by atoms with E-state index < -0.39 is 0 Å². The third kappa shape index (κ3) is 3.15. The van der Waals surface area contributed by atoms with Gasteiger partial charge in [0.25, 0.3) is 0 Å². The molecular weight excluding hydrogens is 494 g/mol. The van der Waals surface area contributed by atoms with E-state index in [0.717, 1.165) is 50.0 Å². The number of hydrogen-bond donors (Lipinski definition) is 0. The third-order valence-electron chi connectivity index (χ3n) is 6.97. The van der Waals surface area contributed by atoms with Crippen molar-refractivity contribution in [2.75, 3.05) is 0 Å². The Labute approximate surface area is 219 Å². The third-order valence-corrected chi connectivity index (χ3v) is 8.06. The van der Waals surface area contributed by atoms with Crippen molar-refractivity contribution < 1.29 is 0 Å². The monoisotopic (exact) mass is 511 g/mol. The number of aromatic nitrogens is 5. The van der Waals surface area contributed by atoms with E-state index in [1.807, 2.05) is 12.1 Å².